The number of halogens is 4. The van der Waals surface area contributed by atoms with Gasteiger partial charge in [0.05, 0.1) is 12.0 Å². The van der Waals surface area contributed by atoms with E-state index < -0.39 is 24.1 Å². The van der Waals surface area contributed by atoms with Gasteiger partial charge in [0, 0.05) is 5.56 Å². The van der Waals surface area contributed by atoms with Gasteiger partial charge in [0.1, 0.15) is 5.75 Å². The van der Waals surface area contributed by atoms with Crippen molar-refractivity contribution in [1.29, 1.82) is 0 Å². The van der Waals surface area contributed by atoms with Crippen LogP contribution in [-0.4, -0.2) is 11.1 Å². The SMILES string of the molecule is O=C(O)Cc1cc(C(F)(F)F)ccc1OI. The maximum Gasteiger partial charge on any atom is 0.416 e. The normalized spacial score (nSPS) is 11.2. The number of hydrogen-bond donors (Lipinski definition) is 1. The lowest BCUT2D eigenvalue weighted by Gasteiger charge is -2.10. The number of rotatable bonds is 3. The van der Waals surface area contributed by atoms with Gasteiger partial charge < -0.3 is 8.17 Å². The highest BCUT2D eigenvalue weighted by atomic mass is 127. The Balaban J connectivity index is 3.16. The second-order valence-electron chi connectivity index (χ2n) is 2.97. The summed E-state index contributed by atoms with van der Waals surface area (Å²) in [7, 11) is 0. The van der Waals surface area contributed by atoms with Crippen molar-refractivity contribution in [2.24, 2.45) is 0 Å². The number of benzene rings is 1. The highest BCUT2D eigenvalue weighted by Gasteiger charge is 2.31. The van der Waals surface area contributed by atoms with Gasteiger partial charge in [0.15, 0.2) is 23.0 Å². The number of alkyl halides is 3. The third-order valence-electron chi connectivity index (χ3n) is 1.81. The zero-order chi connectivity index (χ0) is 12.3. The van der Waals surface area contributed by atoms with Gasteiger partial charge in [-0.1, -0.05) is 0 Å². The van der Waals surface area contributed by atoms with Crippen LogP contribution in [0.2, 0.25) is 0 Å². The minimum absolute atomic E-state index is 0.00303. The third-order valence-corrected chi connectivity index (χ3v) is 2.29. The van der Waals surface area contributed by atoms with Gasteiger partial charge in [-0.15, -0.1) is 0 Å². The molecular weight excluding hydrogens is 340 g/mol. The fourth-order valence-electron chi connectivity index (χ4n) is 1.13. The van der Waals surface area contributed by atoms with Crippen LogP contribution in [0.5, 0.6) is 5.75 Å². The van der Waals surface area contributed by atoms with E-state index >= 15 is 0 Å². The molecule has 0 aliphatic heterocycles. The highest BCUT2D eigenvalue weighted by molar-refractivity contribution is 14.1. The Morgan fingerprint density at radius 3 is 2.50 bits per heavy atom. The Bertz CT molecular complexity index is 403. The first-order chi connectivity index (χ1) is 7.34. The molecule has 1 aromatic carbocycles. The zero-order valence-corrected chi connectivity index (χ0v) is 9.87. The van der Waals surface area contributed by atoms with Crippen LogP contribution in [0.1, 0.15) is 11.1 Å². The van der Waals surface area contributed by atoms with Crippen LogP contribution in [-0.2, 0) is 17.4 Å². The molecule has 1 aromatic rings. The van der Waals surface area contributed by atoms with Gasteiger partial charge in [0.2, 0.25) is 0 Å². The first-order valence-electron chi connectivity index (χ1n) is 4.05. The Hall–Kier alpha value is -0.990. The van der Waals surface area contributed by atoms with E-state index in [1.165, 1.54) is 23.0 Å². The van der Waals surface area contributed by atoms with Gasteiger partial charge in [-0.2, -0.15) is 13.2 Å². The number of carbonyl (C=O) groups is 1. The maximum absolute atomic E-state index is 12.4. The fourth-order valence-corrected chi connectivity index (χ4v) is 1.56. The van der Waals surface area contributed by atoms with Gasteiger partial charge in [-0.05, 0) is 18.2 Å². The van der Waals surface area contributed by atoms with Crippen LogP contribution in [0.3, 0.4) is 0 Å². The van der Waals surface area contributed by atoms with Gasteiger partial charge >= 0.3 is 12.1 Å². The second-order valence-corrected chi connectivity index (χ2v) is 3.41. The summed E-state index contributed by atoms with van der Waals surface area (Å²) in [6.45, 7) is 0. The Kier molecular flexibility index (Phi) is 4.00. The number of aliphatic carboxylic acids is 1. The zero-order valence-electron chi connectivity index (χ0n) is 7.71. The highest BCUT2D eigenvalue weighted by Crippen LogP contribution is 2.33. The number of carboxylic acids is 1. The summed E-state index contributed by atoms with van der Waals surface area (Å²) < 4.78 is 41.8. The smallest absolute Gasteiger partial charge is 0.416 e. The second kappa shape index (κ2) is 4.89. The van der Waals surface area contributed by atoms with Gasteiger partial charge in [-0.25, -0.2) is 0 Å². The molecule has 7 heteroatoms. The van der Waals surface area contributed by atoms with Crippen molar-refractivity contribution in [2.45, 2.75) is 12.6 Å². The van der Waals surface area contributed by atoms with E-state index in [0.29, 0.717) is 0 Å². The van der Waals surface area contributed by atoms with Crippen molar-refractivity contribution in [1.82, 2.24) is 0 Å². The van der Waals surface area contributed by atoms with Crippen molar-refractivity contribution >= 4 is 29.0 Å². The molecule has 0 amide bonds. The van der Waals surface area contributed by atoms with E-state index in [4.69, 9.17) is 8.17 Å². The lowest BCUT2D eigenvalue weighted by molar-refractivity contribution is -0.138. The molecule has 0 atom stereocenters. The van der Waals surface area contributed by atoms with Gasteiger partial charge in [0.25, 0.3) is 0 Å². The van der Waals surface area contributed by atoms with Crippen molar-refractivity contribution < 1.29 is 26.1 Å². The van der Waals surface area contributed by atoms with E-state index in [2.05, 4.69) is 0 Å². The lowest BCUT2D eigenvalue weighted by atomic mass is 10.1. The Labute approximate surface area is 103 Å². The largest absolute Gasteiger partial charge is 0.481 e. The van der Waals surface area contributed by atoms with Crippen molar-refractivity contribution in [3.05, 3.63) is 29.3 Å². The summed E-state index contributed by atoms with van der Waals surface area (Å²) in [6.07, 6.45) is -5.00. The molecule has 0 saturated carbocycles. The predicted molar refractivity (Wildman–Crippen MR) is 57.4 cm³/mol. The summed E-state index contributed by atoms with van der Waals surface area (Å²) in [5, 5.41) is 8.54. The van der Waals surface area contributed by atoms with Crippen LogP contribution in [0.4, 0.5) is 13.2 Å². The molecule has 0 radical (unpaired) electrons. The van der Waals surface area contributed by atoms with E-state index in [1.54, 1.807) is 0 Å². The third kappa shape index (κ3) is 3.26. The van der Waals surface area contributed by atoms with E-state index in [9.17, 15) is 18.0 Å². The molecule has 3 nitrogen and oxygen atoms in total. The Morgan fingerprint density at radius 2 is 2.06 bits per heavy atom. The first kappa shape index (κ1) is 13.1. The molecule has 88 valence electrons. The molecule has 0 aliphatic rings. The van der Waals surface area contributed by atoms with Crippen LogP contribution >= 0.6 is 23.0 Å². The summed E-state index contributed by atoms with van der Waals surface area (Å²) in [6, 6.07) is 2.73. The topological polar surface area (TPSA) is 46.5 Å². The average Bonchev–Trinajstić information content (AvgIpc) is 2.15. The maximum atomic E-state index is 12.4. The predicted octanol–water partition coefficient (Wildman–Crippen LogP) is 3.06. The van der Waals surface area contributed by atoms with E-state index in [1.807, 2.05) is 0 Å². The number of hydrogen-bond acceptors (Lipinski definition) is 2. The van der Waals surface area contributed by atoms with Crippen LogP contribution in [0, 0.1) is 0 Å². The van der Waals surface area contributed by atoms with Crippen molar-refractivity contribution in [2.75, 3.05) is 0 Å². The standard InChI is InChI=1S/C9H6F3IO3/c10-9(11,12)6-1-2-7(16-13)5(3-6)4-8(14)15/h1-3H,4H2,(H,14,15). The lowest BCUT2D eigenvalue weighted by Crippen LogP contribution is -2.08. The molecule has 0 spiro atoms. The molecular formula is C9H6F3IO3. The van der Waals surface area contributed by atoms with Crippen molar-refractivity contribution in [3.8, 4) is 5.75 Å². The Morgan fingerprint density at radius 1 is 1.44 bits per heavy atom. The molecule has 0 unspecified atom stereocenters. The summed E-state index contributed by atoms with van der Waals surface area (Å²) in [5.74, 6) is -1.09. The van der Waals surface area contributed by atoms with E-state index in [0.717, 1.165) is 18.2 Å². The monoisotopic (exact) mass is 346 g/mol. The van der Waals surface area contributed by atoms with E-state index in [-0.39, 0.29) is 11.3 Å². The minimum Gasteiger partial charge on any atom is -0.481 e. The minimum atomic E-state index is -4.49. The molecule has 1 N–H and O–H groups in total. The molecule has 0 aliphatic carbocycles. The molecule has 16 heavy (non-hydrogen) atoms. The summed E-state index contributed by atoms with van der Waals surface area (Å²) >= 11 is 1.48. The van der Waals surface area contributed by atoms with Gasteiger partial charge in [-0.3, -0.25) is 4.79 Å². The molecule has 1 rings (SSSR count). The van der Waals surface area contributed by atoms with Crippen LogP contribution in [0.25, 0.3) is 0 Å². The number of carboxylic acid groups (broad SMARTS) is 1. The van der Waals surface area contributed by atoms with Crippen molar-refractivity contribution in [3.63, 3.8) is 0 Å². The molecule has 0 fully saturated rings. The fraction of sp³-hybridized carbons (Fsp3) is 0.222. The molecule has 0 heterocycles. The van der Waals surface area contributed by atoms with Crippen LogP contribution < -0.4 is 3.07 Å². The molecule has 0 saturated heterocycles. The summed E-state index contributed by atoms with van der Waals surface area (Å²) in [5.41, 5.74) is -0.891. The van der Waals surface area contributed by atoms with Crippen LogP contribution in [0.15, 0.2) is 18.2 Å². The summed E-state index contributed by atoms with van der Waals surface area (Å²) in [4.78, 5) is 10.5. The molecule has 0 aromatic heterocycles. The molecule has 0 bridgehead atoms. The first-order valence-corrected chi connectivity index (χ1v) is 4.93. The average molecular weight is 346 g/mol. The quantitative estimate of drug-likeness (QED) is 0.856.